The second-order valence-corrected chi connectivity index (χ2v) is 23.0. The quantitative estimate of drug-likeness (QED) is 0.0433. The van der Waals surface area contributed by atoms with Crippen molar-refractivity contribution in [2.75, 3.05) is 50.3 Å². The third-order valence-corrected chi connectivity index (χ3v) is 17.5. The number of benzene rings is 2. The summed E-state index contributed by atoms with van der Waals surface area (Å²) < 4.78 is 2.12. The normalized spacial score (nSPS) is 24.5. The van der Waals surface area contributed by atoms with E-state index in [1.165, 1.54) is 28.1 Å². The molecule has 9 rings (SSSR count). The first-order valence-corrected chi connectivity index (χ1v) is 27.9. The van der Waals surface area contributed by atoms with Crippen molar-refractivity contribution in [3.63, 3.8) is 0 Å². The number of hydrogen-bond acceptors (Lipinski definition) is 9. The van der Waals surface area contributed by atoms with Crippen LogP contribution < -0.4 is 16.0 Å². The van der Waals surface area contributed by atoms with E-state index < -0.39 is 5.60 Å². The summed E-state index contributed by atoms with van der Waals surface area (Å²) in [6.45, 7) is 9.83. The van der Waals surface area contributed by atoms with Crippen LogP contribution in [-0.4, -0.2) is 105 Å². The number of hydrogen-bond donors (Lipinski definition) is 6. The molecule has 4 atom stereocenters. The number of anilines is 1. The largest absolute Gasteiger partial charge is 0.393 e. The Morgan fingerprint density at radius 2 is 1.83 bits per heavy atom. The van der Waals surface area contributed by atoms with Gasteiger partial charge in [0.05, 0.1) is 28.0 Å². The Kier molecular flexibility index (Phi) is 17.2. The maximum absolute atomic E-state index is 14.2. The van der Waals surface area contributed by atoms with Gasteiger partial charge in [0.2, 0.25) is 0 Å². The van der Waals surface area contributed by atoms with Gasteiger partial charge in [-0.1, -0.05) is 72.3 Å². The van der Waals surface area contributed by atoms with Crippen molar-refractivity contribution in [2.24, 2.45) is 18.9 Å². The highest BCUT2D eigenvalue weighted by Gasteiger charge is 2.40. The Hall–Kier alpha value is -4.38. The molecule has 2 saturated heterocycles. The number of halogens is 1. The number of allylic oxidation sites excluding steroid dienone is 5. The van der Waals surface area contributed by atoms with E-state index in [-0.39, 0.29) is 18.1 Å². The Labute approximate surface area is 437 Å². The minimum absolute atomic E-state index is 0.0459. The highest BCUT2D eigenvalue weighted by molar-refractivity contribution is 7.99. The van der Waals surface area contributed by atoms with Crippen LogP contribution in [0.2, 0.25) is 5.02 Å². The second kappa shape index (κ2) is 23.7. The van der Waals surface area contributed by atoms with Crippen LogP contribution in [-0.2, 0) is 13.5 Å². The molecule has 3 unspecified atom stereocenters. The summed E-state index contributed by atoms with van der Waals surface area (Å²) in [6.07, 6.45) is 23.9. The predicted octanol–water partition coefficient (Wildman–Crippen LogP) is 10.7. The number of aromatic nitrogens is 1. The summed E-state index contributed by atoms with van der Waals surface area (Å²) in [4.78, 5) is 21.6. The lowest BCUT2D eigenvalue weighted by atomic mass is 9.76. The fourth-order valence-electron chi connectivity index (χ4n) is 11.5. The summed E-state index contributed by atoms with van der Waals surface area (Å²) in [7, 11) is 2.03. The Morgan fingerprint density at radius 1 is 1.01 bits per heavy atom. The van der Waals surface area contributed by atoms with Crippen molar-refractivity contribution in [3.05, 3.63) is 142 Å². The fourth-order valence-corrected chi connectivity index (χ4v) is 12.9. The van der Waals surface area contributed by atoms with Gasteiger partial charge in [-0.3, -0.25) is 9.69 Å². The van der Waals surface area contributed by atoms with E-state index >= 15 is 0 Å². The highest BCUT2D eigenvalue weighted by atomic mass is 35.5. The second-order valence-electron chi connectivity index (χ2n) is 21.0. The molecule has 71 heavy (non-hydrogen) atoms. The van der Waals surface area contributed by atoms with E-state index in [9.17, 15) is 15.0 Å². The number of likely N-dealkylation sites (tertiary alicyclic amines) is 2. The lowest BCUT2D eigenvalue weighted by Gasteiger charge is -2.41. The zero-order valence-electron chi connectivity index (χ0n) is 41.8. The van der Waals surface area contributed by atoms with Gasteiger partial charge in [-0.25, -0.2) is 0 Å². The molecule has 1 aromatic heterocycles. The van der Waals surface area contributed by atoms with Crippen LogP contribution in [0.1, 0.15) is 98.3 Å². The number of aliphatic hydroxyl groups excluding tert-OH is 1. The summed E-state index contributed by atoms with van der Waals surface area (Å²) in [5, 5.41) is 31.7. The average molecular weight is 1010 g/mol. The summed E-state index contributed by atoms with van der Waals surface area (Å²) >= 11 is 13.1. The molecule has 0 spiro atoms. The molecule has 1 saturated carbocycles. The van der Waals surface area contributed by atoms with E-state index in [2.05, 4.69) is 127 Å². The number of nitrogens with one attached hydrogen (secondary N) is 3. The van der Waals surface area contributed by atoms with Crippen molar-refractivity contribution in [1.29, 1.82) is 0 Å². The molecule has 3 heterocycles. The summed E-state index contributed by atoms with van der Waals surface area (Å²) in [6, 6.07) is 28.1. The summed E-state index contributed by atoms with van der Waals surface area (Å²) in [5.41, 5.74) is 8.37. The molecule has 3 fully saturated rings. The fraction of sp³-hybridized carbons (Fsp3) is 0.475. The van der Waals surface area contributed by atoms with Crippen LogP contribution >= 0.6 is 36.0 Å². The lowest BCUT2D eigenvalue weighted by molar-refractivity contribution is -0.0367. The average Bonchev–Trinajstić information content (AvgIpc) is 3.47. The van der Waals surface area contributed by atoms with Gasteiger partial charge in [0.1, 0.15) is 0 Å². The molecule has 4 aromatic rings. The van der Waals surface area contributed by atoms with Crippen molar-refractivity contribution in [1.82, 2.24) is 25.0 Å². The van der Waals surface area contributed by atoms with Gasteiger partial charge in [0.15, 0.2) is 0 Å². The first-order chi connectivity index (χ1) is 34.4. The third kappa shape index (κ3) is 13.2. The van der Waals surface area contributed by atoms with Gasteiger partial charge < -0.3 is 35.6 Å². The number of amides is 1. The maximum Gasteiger partial charge on any atom is 0.253 e. The van der Waals surface area contributed by atoms with E-state index in [0.717, 1.165) is 129 Å². The molecule has 5 aliphatic rings. The minimum atomic E-state index is -0.727. The first-order valence-electron chi connectivity index (χ1n) is 26.1. The number of carbonyl (C=O) groups is 1. The van der Waals surface area contributed by atoms with Gasteiger partial charge in [-0.05, 0) is 169 Å². The summed E-state index contributed by atoms with van der Waals surface area (Å²) in [5.74, 6) is 1.80. The number of nitrogens with zero attached hydrogens (tertiary/aromatic N) is 3. The van der Waals surface area contributed by atoms with Crippen LogP contribution in [0.5, 0.6) is 0 Å². The van der Waals surface area contributed by atoms with Gasteiger partial charge in [0.25, 0.3) is 5.91 Å². The zero-order valence-corrected chi connectivity index (χ0v) is 44.3. The molecule has 2 aliphatic heterocycles. The van der Waals surface area contributed by atoms with E-state index in [0.29, 0.717) is 47.3 Å². The Balaban J connectivity index is 0.763. The highest BCUT2D eigenvalue weighted by Crippen LogP contribution is 2.43. The van der Waals surface area contributed by atoms with E-state index in [4.69, 9.17) is 24.2 Å². The molecular formula is C59H73ClN6O3S2. The van der Waals surface area contributed by atoms with Gasteiger partial charge in [-0.2, -0.15) is 0 Å². The third-order valence-electron chi connectivity index (χ3n) is 15.7. The van der Waals surface area contributed by atoms with Crippen molar-refractivity contribution >= 4 is 53.2 Å². The van der Waals surface area contributed by atoms with Gasteiger partial charge >= 0.3 is 0 Å². The maximum atomic E-state index is 14.2. The smallest absolute Gasteiger partial charge is 0.253 e. The molecule has 9 nitrogen and oxygen atoms in total. The Morgan fingerprint density at radius 3 is 2.56 bits per heavy atom. The molecule has 3 aromatic carbocycles. The SMILES string of the molecule is Cc1c(C(=O)NC2CC(C)(O)C2)c(C2=CC=CC(C3CCCN(C4C=CC(NCCc5ccc(N[C@H](CCN6CCC(O)CC6)CSc6ccccc6)c(S)c5)=CC4)CC3)C2)c(-c2c#cc(Cl)cc2)n1C. The van der Waals surface area contributed by atoms with Crippen LogP contribution in [0.4, 0.5) is 5.69 Å². The molecule has 376 valence electrons. The molecule has 5 N–H and O–H groups in total. The topological polar surface area (TPSA) is 105 Å². The standard InChI is InChI=1S/C59H73ClN6O3S2/c1-40-55(58(68)63-49-37-59(2,69)38-49)56(57(64(40)3)43-15-17-46(60)18-16-43)45-10-7-9-44(36-45)42-11-8-30-66(34-25-42)50-21-19-47(20-22-50)61-29-24-41-14-23-53(54(70)35-41)62-48(39-71-52-12-5-4-6-13-52)26-31-65-32-27-51(67)28-33-65/h4-7,9-10,12-15,17,19-21,23,35,42,44,48-51,61-62,67,69-70H,8,11,22,24-34,36-39H2,1-3H3,(H,63,68)/t42?,44?,48-,49?,50?,59?/m1/s1. The van der Waals surface area contributed by atoms with Crippen molar-refractivity contribution < 1.29 is 15.0 Å². The number of thiol groups is 1. The first kappa shape index (κ1) is 51.5. The molecule has 1 amide bonds. The minimum Gasteiger partial charge on any atom is -0.393 e. The molecule has 3 aliphatic carbocycles. The molecule has 0 bridgehead atoms. The number of aliphatic hydroxyl groups is 2. The van der Waals surface area contributed by atoms with Crippen LogP contribution in [0.25, 0.3) is 16.8 Å². The molecule has 12 heteroatoms. The van der Waals surface area contributed by atoms with Crippen LogP contribution in [0, 0.1) is 30.9 Å². The zero-order chi connectivity index (χ0) is 49.5. The number of rotatable bonds is 18. The molecule has 0 radical (unpaired) electrons. The van der Waals surface area contributed by atoms with E-state index in [1.807, 2.05) is 44.8 Å². The van der Waals surface area contributed by atoms with Gasteiger partial charge in [0, 0.05) is 95.1 Å². The molecular weight excluding hydrogens is 940 g/mol. The van der Waals surface area contributed by atoms with Crippen LogP contribution in [0.3, 0.4) is 0 Å². The van der Waals surface area contributed by atoms with Crippen molar-refractivity contribution in [2.45, 2.75) is 124 Å². The number of piperidine rings is 1. The monoisotopic (exact) mass is 1010 g/mol. The van der Waals surface area contributed by atoms with Gasteiger partial charge in [-0.15, -0.1) is 24.4 Å². The van der Waals surface area contributed by atoms with E-state index in [1.54, 1.807) is 0 Å². The number of thioether (sulfide) groups is 1. The predicted molar refractivity (Wildman–Crippen MR) is 295 cm³/mol. The number of carbonyl (C=O) groups excluding carboxylic acids is 1. The Bertz CT molecular complexity index is 2570. The lowest BCUT2D eigenvalue weighted by Crippen LogP contribution is -2.53. The van der Waals surface area contributed by atoms with Crippen molar-refractivity contribution in [3.8, 4) is 11.3 Å². The van der Waals surface area contributed by atoms with Crippen LogP contribution in [0.15, 0.2) is 113 Å².